The van der Waals surface area contributed by atoms with E-state index < -0.39 is 0 Å². The summed E-state index contributed by atoms with van der Waals surface area (Å²) in [4.78, 5) is 30.0. The number of rotatable bonds is 7. The van der Waals surface area contributed by atoms with Crippen molar-refractivity contribution in [1.82, 2.24) is 29.9 Å². The Morgan fingerprint density at radius 3 is 1.28 bits per heavy atom. The van der Waals surface area contributed by atoms with E-state index in [4.69, 9.17) is 29.9 Å². The minimum absolute atomic E-state index is 0.587. The molecule has 7 aromatic carbocycles. The van der Waals surface area contributed by atoms with Crippen molar-refractivity contribution >= 4 is 31.5 Å². The molecule has 10 aromatic rings. The van der Waals surface area contributed by atoms with Crippen molar-refractivity contribution in [3.63, 3.8) is 0 Å². The van der Waals surface area contributed by atoms with E-state index in [1.54, 1.807) is 11.3 Å². The number of hydrogen-bond donors (Lipinski definition) is 0. The molecular weight excluding hydrogens is 719 g/mol. The Hall–Kier alpha value is -7.73. The van der Waals surface area contributed by atoms with E-state index in [2.05, 4.69) is 54.6 Å². The highest BCUT2D eigenvalue weighted by Gasteiger charge is 2.18. The third-order valence-corrected chi connectivity index (χ3v) is 11.1. The van der Waals surface area contributed by atoms with Crippen molar-refractivity contribution in [3.8, 4) is 85.5 Å². The first-order chi connectivity index (χ1) is 28.2. The lowest BCUT2D eigenvalue weighted by molar-refractivity contribution is 1.07. The highest BCUT2D eigenvalue weighted by atomic mass is 32.1. The number of thiophene rings is 1. The third-order valence-electron chi connectivity index (χ3n) is 9.85. The summed E-state index contributed by atoms with van der Waals surface area (Å²) in [6.45, 7) is 0. The van der Waals surface area contributed by atoms with Crippen molar-refractivity contribution in [3.05, 3.63) is 181 Å². The summed E-state index contributed by atoms with van der Waals surface area (Å²) >= 11 is 1.72. The molecule has 0 atom stereocenters. The van der Waals surface area contributed by atoms with Gasteiger partial charge in [-0.05, 0) is 47.5 Å². The fourth-order valence-electron chi connectivity index (χ4n) is 6.94. The molecule has 0 radical (unpaired) electrons. The molecule has 0 amide bonds. The second kappa shape index (κ2) is 14.5. The zero-order chi connectivity index (χ0) is 38.1. The van der Waals surface area contributed by atoms with E-state index in [1.807, 2.05) is 127 Å². The molecule has 0 bridgehead atoms. The number of benzene rings is 7. The van der Waals surface area contributed by atoms with E-state index in [1.165, 1.54) is 0 Å². The standard InChI is InChI=1S/C49H29N7S/c50-30-31-19-21-32(22-20-31)33-23-25-37(26-24-33)47-52-46(36-15-8-3-9-16-36)55-49(56-47)40-18-10-17-39-41-29-38(27-28-42(41)57-43(39)40)48-53-44(34-11-4-1-5-12-34)51-45(54-48)35-13-6-2-7-14-35/h1-29H. The fraction of sp³-hybridized carbons (Fsp3) is 0. The Morgan fingerprint density at radius 2 is 0.772 bits per heavy atom. The molecule has 0 aliphatic carbocycles. The molecular formula is C49H29N7S. The highest BCUT2D eigenvalue weighted by molar-refractivity contribution is 7.26. The Bertz CT molecular complexity index is 3050. The van der Waals surface area contributed by atoms with Gasteiger partial charge in [-0.1, -0.05) is 140 Å². The SMILES string of the molecule is N#Cc1ccc(-c2ccc(-c3nc(-c4ccccc4)nc(-c4cccc5c4sc4ccc(-c6nc(-c7ccccc7)nc(-c7ccccc7)n6)cc45)n3)cc2)cc1. The van der Waals surface area contributed by atoms with Crippen LogP contribution in [0.15, 0.2) is 176 Å². The van der Waals surface area contributed by atoms with Crippen LogP contribution in [0.3, 0.4) is 0 Å². The summed E-state index contributed by atoms with van der Waals surface area (Å²) in [5, 5.41) is 11.4. The van der Waals surface area contributed by atoms with Gasteiger partial charge in [0.15, 0.2) is 34.9 Å². The number of nitrogens with zero attached hydrogens (tertiary/aromatic N) is 7. The lowest BCUT2D eigenvalue weighted by Crippen LogP contribution is -2.00. The van der Waals surface area contributed by atoms with Crippen LogP contribution in [-0.2, 0) is 0 Å². The van der Waals surface area contributed by atoms with E-state index in [-0.39, 0.29) is 0 Å². The number of fused-ring (bicyclic) bond motifs is 3. The molecule has 3 aromatic heterocycles. The minimum Gasteiger partial charge on any atom is -0.208 e. The average Bonchev–Trinajstić information content (AvgIpc) is 3.68. The first kappa shape index (κ1) is 33.8. The topological polar surface area (TPSA) is 101 Å². The van der Waals surface area contributed by atoms with Crippen LogP contribution in [0.4, 0.5) is 0 Å². The molecule has 0 N–H and O–H groups in total. The fourth-order valence-corrected chi connectivity index (χ4v) is 8.13. The Balaban J connectivity index is 1.08. The van der Waals surface area contributed by atoms with Crippen LogP contribution in [0, 0.1) is 11.3 Å². The first-order valence-corrected chi connectivity index (χ1v) is 19.2. The predicted molar refractivity (Wildman–Crippen MR) is 229 cm³/mol. The van der Waals surface area contributed by atoms with Crippen LogP contribution in [-0.4, -0.2) is 29.9 Å². The Labute approximate surface area is 332 Å². The molecule has 0 unspecified atom stereocenters. The molecule has 8 heteroatoms. The Morgan fingerprint density at radius 1 is 0.351 bits per heavy atom. The molecule has 0 saturated heterocycles. The molecule has 3 heterocycles. The highest BCUT2D eigenvalue weighted by Crippen LogP contribution is 2.41. The molecule has 57 heavy (non-hydrogen) atoms. The van der Waals surface area contributed by atoms with Crippen molar-refractivity contribution < 1.29 is 0 Å². The van der Waals surface area contributed by atoms with E-state index >= 15 is 0 Å². The zero-order valence-electron chi connectivity index (χ0n) is 30.3. The predicted octanol–water partition coefficient (Wildman–Crippen LogP) is 12.0. The second-order valence-corrected chi connectivity index (χ2v) is 14.5. The summed E-state index contributed by atoms with van der Waals surface area (Å²) in [5.41, 5.74) is 8.19. The molecule has 0 saturated carbocycles. The van der Waals surface area contributed by atoms with Gasteiger partial charge in [-0.2, -0.15) is 5.26 Å². The van der Waals surface area contributed by atoms with Gasteiger partial charge in [-0.3, -0.25) is 0 Å². The summed E-state index contributed by atoms with van der Waals surface area (Å²) in [6, 6.07) is 60.8. The Kier molecular flexibility index (Phi) is 8.60. The van der Waals surface area contributed by atoms with Gasteiger partial charge in [0.2, 0.25) is 0 Å². The van der Waals surface area contributed by atoms with Crippen LogP contribution >= 0.6 is 11.3 Å². The second-order valence-electron chi connectivity index (χ2n) is 13.5. The summed E-state index contributed by atoms with van der Waals surface area (Å²) in [6.07, 6.45) is 0. The molecule has 7 nitrogen and oxygen atoms in total. The first-order valence-electron chi connectivity index (χ1n) is 18.4. The zero-order valence-corrected chi connectivity index (χ0v) is 31.1. The van der Waals surface area contributed by atoms with Crippen LogP contribution in [0.1, 0.15) is 5.56 Å². The summed E-state index contributed by atoms with van der Waals surface area (Å²) in [5.74, 6) is 3.65. The van der Waals surface area contributed by atoms with Gasteiger partial charge in [-0.15, -0.1) is 11.3 Å². The van der Waals surface area contributed by atoms with Crippen LogP contribution in [0.2, 0.25) is 0 Å². The van der Waals surface area contributed by atoms with Crippen LogP contribution in [0.5, 0.6) is 0 Å². The molecule has 266 valence electrons. The summed E-state index contributed by atoms with van der Waals surface area (Å²) in [7, 11) is 0. The molecule has 10 rings (SSSR count). The number of aromatic nitrogens is 6. The van der Waals surface area contributed by atoms with Crippen LogP contribution in [0.25, 0.3) is 99.6 Å². The van der Waals surface area contributed by atoms with Crippen molar-refractivity contribution in [1.29, 1.82) is 5.26 Å². The largest absolute Gasteiger partial charge is 0.208 e. The summed E-state index contributed by atoms with van der Waals surface area (Å²) < 4.78 is 2.22. The number of hydrogen-bond acceptors (Lipinski definition) is 8. The van der Waals surface area contributed by atoms with E-state index in [0.717, 1.165) is 64.7 Å². The van der Waals surface area contributed by atoms with Gasteiger partial charge in [0.05, 0.1) is 11.6 Å². The van der Waals surface area contributed by atoms with E-state index in [9.17, 15) is 5.26 Å². The normalized spacial score (nSPS) is 11.1. The van der Waals surface area contributed by atoms with Crippen molar-refractivity contribution in [2.24, 2.45) is 0 Å². The average molecular weight is 748 g/mol. The van der Waals surface area contributed by atoms with Crippen molar-refractivity contribution in [2.45, 2.75) is 0 Å². The number of nitriles is 1. The van der Waals surface area contributed by atoms with Gasteiger partial charge < -0.3 is 0 Å². The monoisotopic (exact) mass is 747 g/mol. The van der Waals surface area contributed by atoms with E-state index in [0.29, 0.717) is 40.5 Å². The lowest BCUT2D eigenvalue weighted by Gasteiger charge is -2.10. The maximum absolute atomic E-state index is 9.23. The quantitative estimate of drug-likeness (QED) is 0.160. The van der Waals surface area contributed by atoms with Gasteiger partial charge in [0, 0.05) is 53.6 Å². The van der Waals surface area contributed by atoms with Gasteiger partial charge >= 0.3 is 0 Å². The van der Waals surface area contributed by atoms with Gasteiger partial charge in [0.25, 0.3) is 0 Å². The maximum atomic E-state index is 9.23. The third kappa shape index (κ3) is 6.59. The van der Waals surface area contributed by atoms with Crippen LogP contribution < -0.4 is 0 Å². The molecule has 0 fully saturated rings. The van der Waals surface area contributed by atoms with Crippen molar-refractivity contribution in [2.75, 3.05) is 0 Å². The maximum Gasteiger partial charge on any atom is 0.165 e. The van der Waals surface area contributed by atoms with Gasteiger partial charge in [-0.25, -0.2) is 29.9 Å². The minimum atomic E-state index is 0.587. The smallest absolute Gasteiger partial charge is 0.165 e. The van der Waals surface area contributed by atoms with Gasteiger partial charge in [0.1, 0.15) is 0 Å². The molecule has 0 spiro atoms. The lowest BCUT2D eigenvalue weighted by atomic mass is 10.0. The molecule has 0 aliphatic heterocycles. The molecule has 0 aliphatic rings.